The number of amides is 4. The van der Waals surface area contributed by atoms with E-state index in [1.165, 1.54) is 18.0 Å². The summed E-state index contributed by atoms with van der Waals surface area (Å²) >= 11 is 12.8. The molecule has 368 valence electrons. The highest BCUT2D eigenvalue weighted by molar-refractivity contribution is 6.35. The van der Waals surface area contributed by atoms with Crippen LogP contribution in [-0.2, 0) is 26.2 Å². The summed E-state index contributed by atoms with van der Waals surface area (Å²) in [4.78, 5) is 66.3. The van der Waals surface area contributed by atoms with Gasteiger partial charge in [0.05, 0.1) is 57.4 Å². The van der Waals surface area contributed by atoms with E-state index in [1.54, 1.807) is 25.4 Å². The molecule has 20 heteroatoms. The molecule has 2 atom stereocenters. The number of hydrogen-bond acceptors (Lipinski definition) is 13. The van der Waals surface area contributed by atoms with Crippen LogP contribution in [-0.4, -0.2) is 122 Å². The molecule has 4 fully saturated rings. The van der Waals surface area contributed by atoms with Gasteiger partial charge in [-0.15, -0.1) is 0 Å². The van der Waals surface area contributed by atoms with Crippen molar-refractivity contribution in [2.45, 2.75) is 75.9 Å². The van der Waals surface area contributed by atoms with Gasteiger partial charge >= 0.3 is 0 Å². The van der Waals surface area contributed by atoms with Gasteiger partial charge in [-0.2, -0.15) is 15.5 Å². The minimum absolute atomic E-state index is 0.0200. The fraction of sp³-hybridized carbons (Fsp3) is 0.431. The number of imide groups is 1. The van der Waals surface area contributed by atoms with Gasteiger partial charge in [0.1, 0.15) is 23.7 Å². The number of anilines is 1. The molecule has 10 rings (SSSR count). The summed E-state index contributed by atoms with van der Waals surface area (Å²) in [7, 11) is 3.44. The number of nitrogens with zero attached hydrogens (tertiary/aromatic N) is 9. The van der Waals surface area contributed by atoms with Crippen LogP contribution < -0.4 is 25.0 Å². The standard InChI is InChI=1S/C51H54Cl2N12O6/c1-28(45-37(52)23-55-24-38(45)53)71-42-19-36-39(20-41(42)70-4)59-60-46(36)33-17-32(21-54)48(56-22-33)65-26-51(2,27-65)58-49(68)30-11-15-64(16-12-30)44(67)25-63-13-9-29(10-14-63)31-5-6-34-40(18-31)62(3)61-47(34)35-7-8-43(66)57-50(35)69/h5-6,17-20,22-24,28-30,35H,7-16,25-27H2,1-4H3,(H,58,68)(H,59,60)(H,57,66,69)/t28-,35?/m1/s1. The molecule has 0 saturated carbocycles. The lowest BCUT2D eigenvalue weighted by Crippen LogP contribution is -2.69. The Labute approximate surface area is 419 Å². The van der Waals surface area contributed by atoms with Gasteiger partial charge in [0.25, 0.3) is 0 Å². The summed E-state index contributed by atoms with van der Waals surface area (Å²) in [5.74, 6) is 0.690. The Morgan fingerprint density at radius 3 is 2.42 bits per heavy atom. The molecule has 18 nitrogen and oxygen atoms in total. The number of benzene rings is 2. The Kier molecular flexibility index (Phi) is 13.1. The molecule has 4 saturated heterocycles. The van der Waals surface area contributed by atoms with Crippen molar-refractivity contribution in [2.24, 2.45) is 13.0 Å². The van der Waals surface area contributed by atoms with Crippen LogP contribution in [0.4, 0.5) is 5.82 Å². The first kappa shape index (κ1) is 47.8. The molecule has 4 amide bonds. The average molecular weight is 1000 g/mol. The number of nitrogens with one attached hydrogen (secondary N) is 3. The van der Waals surface area contributed by atoms with Crippen molar-refractivity contribution in [3.63, 3.8) is 0 Å². The zero-order valence-electron chi connectivity index (χ0n) is 39.9. The Balaban J connectivity index is 0.698. The van der Waals surface area contributed by atoms with E-state index in [9.17, 15) is 24.4 Å². The third-order valence-corrected chi connectivity index (χ3v) is 15.2. The summed E-state index contributed by atoms with van der Waals surface area (Å²) in [6.07, 6.45) is 7.98. The maximum atomic E-state index is 13.6. The van der Waals surface area contributed by atoms with E-state index in [0.717, 1.165) is 42.2 Å². The van der Waals surface area contributed by atoms with E-state index in [-0.39, 0.29) is 29.5 Å². The number of rotatable bonds is 12. The Morgan fingerprint density at radius 1 is 0.972 bits per heavy atom. The molecule has 1 unspecified atom stereocenters. The minimum Gasteiger partial charge on any atom is -0.493 e. The van der Waals surface area contributed by atoms with Crippen LogP contribution in [0.15, 0.2) is 55.0 Å². The summed E-state index contributed by atoms with van der Waals surface area (Å²) in [6.45, 7) is 7.83. The van der Waals surface area contributed by atoms with Crippen LogP contribution in [0.1, 0.15) is 92.7 Å². The molecule has 0 spiro atoms. The molecular formula is C51H54Cl2N12O6. The number of aromatic amines is 1. The maximum Gasteiger partial charge on any atom is 0.236 e. The molecule has 4 aromatic heterocycles. The summed E-state index contributed by atoms with van der Waals surface area (Å²) < 4.78 is 13.8. The van der Waals surface area contributed by atoms with Crippen LogP contribution in [0.2, 0.25) is 10.0 Å². The summed E-state index contributed by atoms with van der Waals surface area (Å²) in [5, 5.41) is 30.8. The maximum absolute atomic E-state index is 13.6. The number of carbonyl (C=O) groups is 4. The topological polar surface area (TPSA) is 217 Å². The van der Waals surface area contributed by atoms with Gasteiger partial charge in [-0.05, 0) is 88.7 Å². The molecule has 6 aromatic rings. The quantitative estimate of drug-likeness (QED) is 0.111. The number of hydrogen-bond donors (Lipinski definition) is 3. The van der Waals surface area contributed by atoms with Crippen molar-refractivity contribution in [1.82, 2.24) is 50.4 Å². The second-order valence-corrected chi connectivity index (χ2v) is 20.3. The smallest absolute Gasteiger partial charge is 0.236 e. The molecule has 0 radical (unpaired) electrons. The molecule has 0 aliphatic carbocycles. The van der Waals surface area contributed by atoms with E-state index in [1.807, 2.05) is 41.4 Å². The lowest BCUT2D eigenvalue weighted by molar-refractivity contribution is -0.137. The van der Waals surface area contributed by atoms with Gasteiger partial charge in [-0.25, -0.2) is 4.98 Å². The molecule has 0 bridgehead atoms. The van der Waals surface area contributed by atoms with E-state index < -0.39 is 17.6 Å². The number of H-pyrrole nitrogens is 1. The zero-order valence-corrected chi connectivity index (χ0v) is 41.4. The molecule has 2 aromatic carbocycles. The lowest BCUT2D eigenvalue weighted by atomic mass is 9.87. The highest BCUT2D eigenvalue weighted by Crippen LogP contribution is 2.41. The number of likely N-dealkylation sites (tertiary alicyclic amines) is 2. The normalized spacial score (nSPS) is 19.3. The SMILES string of the molecule is COc1cc2[nH]nc(-c3cnc(N4CC(C)(NC(=O)C5CCN(C(=O)CN6CCC(c7ccc8c(C9CCC(=O)NC9=O)nn(C)c8c7)CC6)CC5)C4)c(C#N)c3)c2cc1O[C@H](C)c1c(Cl)cncc1Cl. The Hall–Kier alpha value is -6.81. The predicted molar refractivity (Wildman–Crippen MR) is 266 cm³/mol. The monoisotopic (exact) mass is 1000 g/mol. The van der Waals surface area contributed by atoms with Gasteiger partial charge in [0.15, 0.2) is 11.5 Å². The van der Waals surface area contributed by atoms with Gasteiger partial charge in [0.2, 0.25) is 23.6 Å². The summed E-state index contributed by atoms with van der Waals surface area (Å²) in [5.41, 5.74) is 5.26. The Morgan fingerprint density at radius 2 is 1.72 bits per heavy atom. The second-order valence-electron chi connectivity index (χ2n) is 19.5. The lowest BCUT2D eigenvalue weighted by Gasteiger charge is -2.49. The van der Waals surface area contributed by atoms with Crippen LogP contribution in [0, 0.1) is 17.2 Å². The van der Waals surface area contributed by atoms with Crippen molar-refractivity contribution in [3.05, 3.63) is 87.4 Å². The van der Waals surface area contributed by atoms with E-state index in [0.29, 0.717) is 125 Å². The first-order chi connectivity index (χ1) is 34.2. The van der Waals surface area contributed by atoms with Crippen LogP contribution in [0.5, 0.6) is 11.5 Å². The molecule has 4 aliphatic rings. The van der Waals surface area contributed by atoms with Crippen LogP contribution in [0.3, 0.4) is 0 Å². The highest BCUT2D eigenvalue weighted by Gasteiger charge is 2.43. The van der Waals surface area contributed by atoms with E-state index in [4.69, 9.17) is 42.8 Å². The van der Waals surface area contributed by atoms with Crippen LogP contribution in [0.25, 0.3) is 33.1 Å². The van der Waals surface area contributed by atoms with Gasteiger partial charge in [0, 0.05) is 92.1 Å². The second kappa shape index (κ2) is 19.4. The number of piperidine rings is 3. The molecule has 3 N–H and O–H groups in total. The van der Waals surface area contributed by atoms with Crippen molar-refractivity contribution in [3.8, 4) is 28.8 Å². The van der Waals surface area contributed by atoms with Crippen LogP contribution >= 0.6 is 23.2 Å². The number of aromatic nitrogens is 6. The number of pyridine rings is 2. The van der Waals surface area contributed by atoms with Crippen molar-refractivity contribution >= 4 is 74.5 Å². The fourth-order valence-corrected chi connectivity index (χ4v) is 11.4. The third kappa shape index (κ3) is 9.45. The number of aryl methyl sites for hydroxylation is 1. The van der Waals surface area contributed by atoms with Gasteiger partial charge in [-0.3, -0.25) is 44.2 Å². The molecule has 4 aliphatic heterocycles. The molecule has 8 heterocycles. The van der Waals surface area contributed by atoms with Crippen molar-refractivity contribution in [1.29, 1.82) is 5.26 Å². The summed E-state index contributed by atoms with van der Waals surface area (Å²) in [6, 6.07) is 14.0. The molecular weight excluding hydrogens is 948 g/mol. The molecule has 71 heavy (non-hydrogen) atoms. The third-order valence-electron chi connectivity index (χ3n) is 14.6. The fourth-order valence-electron chi connectivity index (χ4n) is 10.8. The minimum atomic E-state index is -0.537. The van der Waals surface area contributed by atoms with Crippen molar-refractivity contribution in [2.75, 3.05) is 57.8 Å². The first-order valence-electron chi connectivity index (χ1n) is 24.0. The highest BCUT2D eigenvalue weighted by atomic mass is 35.5. The van der Waals surface area contributed by atoms with Crippen molar-refractivity contribution < 1.29 is 28.7 Å². The predicted octanol–water partition coefficient (Wildman–Crippen LogP) is 6.57. The van der Waals surface area contributed by atoms with E-state index in [2.05, 4.69) is 55.0 Å². The van der Waals surface area contributed by atoms with Gasteiger partial charge in [-0.1, -0.05) is 35.3 Å². The van der Waals surface area contributed by atoms with Gasteiger partial charge < -0.3 is 24.6 Å². The number of ether oxygens (including phenoxy) is 2. The zero-order chi connectivity index (χ0) is 49.7. The number of methoxy groups -OCH3 is 1. The largest absolute Gasteiger partial charge is 0.493 e. The number of halogens is 2. The Bertz CT molecular complexity index is 3110. The first-order valence-corrected chi connectivity index (χ1v) is 24.7. The van der Waals surface area contributed by atoms with E-state index >= 15 is 0 Å². The number of carbonyl (C=O) groups excluding carboxylic acids is 4. The number of nitriles is 1. The average Bonchev–Trinajstić information content (AvgIpc) is 3.92. The number of fused-ring (bicyclic) bond motifs is 2.